The molecule has 0 saturated carbocycles. The van der Waals surface area contributed by atoms with Crippen LogP contribution in [0, 0.1) is 5.41 Å². The minimum Gasteiger partial charge on any atom is -0.369 e. The van der Waals surface area contributed by atoms with E-state index in [0.29, 0.717) is 5.56 Å². The Kier molecular flexibility index (Phi) is 5.52. The average molecular weight is 359 g/mol. The lowest BCUT2D eigenvalue weighted by Crippen LogP contribution is -2.46. The number of likely N-dealkylation sites (tertiary alicyclic amines) is 1. The summed E-state index contributed by atoms with van der Waals surface area (Å²) in [6.07, 6.45) is 10.2. The number of carbonyl (C=O) groups is 2. The molecule has 2 amide bonds. The molecule has 1 aromatic rings. The van der Waals surface area contributed by atoms with Gasteiger partial charge in [0, 0.05) is 18.0 Å². The summed E-state index contributed by atoms with van der Waals surface area (Å²) in [7, 11) is 0. The number of nitrogens with two attached hydrogens (primary N) is 1. The predicted octanol–water partition coefficient (Wildman–Crippen LogP) is 3.62. The summed E-state index contributed by atoms with van der Waals surface area (Å²) in [6, 6.07) is 7.55. The van der Waals surface area contributed by atoms with Crippen molar-refractivity contribution in [1.82, 2.24) is 4.90 Å². The van der Waals surface area contributed by atoms with Crippen LogP contribution in [0.2, 0.25) is 0 Å². The SMILES string of the molecule is C[C@@H](Sc1ccccc1C(=O)N1CCC[C@]2(CC=CCC2)C1)C(N)=O. The molecule has 0 radical (unpaired) electrons. The largest absolute Gasteiger partial charge is 0.369 e. The second kappa shape index (κ2) is 7.65. The summed E-state index contributed by atoms with van der Waals surface area (Å²) in [4.78, 5) is 27.4. The Bertz CT molecular complexity index is 688. The molecule has 5 heteroatoms. The van der Waals surface area contributed by atoms with E-state index in [2.05, 4.69) is 12.2 Å². The third kappa shape index (κ3) is 4.09. The molecule has 25 heavy (non-hydrogen) atoms. The first-order chi connectivity index (χ1) is 12.0. The second-order valence-electron chi connectivity index (χ2n) is 7.20. The molecule has 1 aliphatic heterocycles. The maximum absolute atomic E-state index is 13.2. The van der Waals surface area contributed by atoms with E-state index in [0.717, 1.165) is 37.2 Å². The van der Waals surface area contributed by atoms with E-state index in [-0.39, 0.29) is 22.5 Å². The summed E-state index contributed by atoms with van der Waals surface area (Å²) in [5.74, 6) is -0.286. The van der Waals surface area contributed by atoms with Crippen molar-refractivity contribution in [3.8, 4) is 0 Å². The van der Waals surface area contributed by atoms with E-state index < -0.39 is 0 Å². The van der Waals surface area contributed by atoms with Gasteiger partial charge in [-0.3, -0.25) is 9.59 Å². The van der Waals surface area contributed by atoms with Gasteiger partial charge in [0.15, 0.2) is 0 Å². The quantitative estimate of drug-likeness (QED) is 0.660. The topological polar surface area (TPSA) is 63.4 Å². The summed E-state index contributed by atoms with van der Waals surface area (Å²) < 4.78 is 0. The van der Waals surface area contributed by atoms with Crippen molar-refractivity contribution >= 4 is 23.6 Å². The van der Waals surface area contributed by atoms with Crippen molar-refractivity contribution < 1.29 is 9.59 Å². The molecule has 1 aliphatic carbocycles. The number of thioether (sulfide) groups is 1. The number of benzene rings is 1. The number of hydrogen-bond acceptors (Lipinski definition) is 3. The highest BCUT2D eigenvalue weighted by molar-refractivity contribution is 8.00. The van der Waals surface area contributed by atoms with Gasteiger partial charge in [0.1, 0.15) is 0 Å². The zero-order valence-electron chi connectivity index (χ0n) is 14.7. The van der Waals surface area contributed by atoms with Gasteiger partial charge in [0.25, 0.3) is 5.91 Å². The zero-order chi connectivity index (χ0) is 17.9. The van der Waals surface area contributed by atoms with Crippen LogP contribution >= 0.6 is 11.8 Å². The van der Waals surface area contributed by atoms with Gasteiger partial charge in [-0.2, -0.15) is 0 Å². The summed E-state index contributed by atoms with van der Waals surface area (Å²) in [5, 5.41) is -0.356. The van der Waals surface area contributed by atoms with Crippen molar-refractivity contribution in [3.05, 3.63) is 42.0 Å². The maximum Gasteiger partial charge on any atom is 0.255 e. The first kappa shape index (κ1) is 18.1. The highest BCUT2D eigenvalue weighted by atomic mass is 32.2. The average Bonchev–Trinajstić information content (AvgIpc) is 2.62. The lowest BCUT2D eigenvalue weighted by Gasteiger charge is -2.44. The van der Waals surface area contributed by atoms with Crippen LogP contribution in [0.1, 0.15) is 49.4 Å². The third-order valence-electron chi connectivity index (χ3n) is 5.33. The van der Waals surface area contributed by atoms with Crippen LogP contribution in [0.15, 0.2) is 41.3 Å². The minimum atomic E-state index is -0.363. The number of primary amides is 1. The van der Waals surface area contributed by atoms with Crippen LogP contribution in [-0.4, -0.2) is 35.1 Å². The predicted molar refractivity (Wildman–Crippen MR) is 102 cm³/mol. The fraction of sp³-hybridized carbons (Fsp3) is 0.500. The summed E-state index contributed by atoms with van der Waals surface area (Å²) in [5.41, 5.74) is 6.32. The molecule has 134 valence electrons. The summed E-state index contributed by atoms with van der Waals surface area (Å²) >= 11 is 1.36. The highest BCUT2D eigenvalue weighted by Gasteiger charge is 2.37. The monoisotopic (exact) mass is 358 g/mol. The summed E-state index contributed by atoms with van der Waals surface area (Å²) in [6.45, 7) is 3.42. The van der Waals surface area contributed by atoms with Gasteiger partial charge in [-0.15, -0.1) is 11.8 Å². The van der Waals surface area contributed by atoms with Crippen molar-refractivity contribution in [1.29, 1.82) is 0 Å². The van der Waals surface area contributed by atoms with Gasteiger partial charge in [0.2, 0.25) is 5.91 Å². The Hall–Kier alpha value is -1.75. The normalized spacial score (nSPS) is 24.3. The molecule has 1 saturated heterocycles. The van der Waals surface area contributed by atoms with Gasteiger partial charge < -0.3 is 10.6 Å². The molecule has 0 unspecified atom stereocenters. The first-order valence-electron chi connectivity index (χ1n) is 9.00. The molecule has 0 aromatic heterocycles. The Morgan fingerprint density at radius 2 is 2.04 bits per heavy atom. The van der Waals surface area contributed by atoms with Crippen LogP contribution in [0.3, 0.4) is 0 Å². The third-order valence-corrected chi connectivity index (χ3v) is 6.53. The van der Waals surface area contributed by atoms with Gasteiger partial charge in [-0.1, -0.05) is 24.3 Å². The highest BCUT2D eigenvalue weighted by Crippen LogP contribution is 2.41. The number of carbonyl (C=O) groups excluding carboxylic acids is 2. The second-order valence-corrected chi connectivity index (χ2v) is 8.59. The smallest absolute Gasteiger partial charge is 0.255 e. The van der Waals surface area contributed by atoms with E-state index in [1.54, 1.807) is 6.92 Å². The molecular formula is C20H26N2O2S. The van der Waals surface area contributed by atoms with E-state index in [1.165, 1.54) is 24.6 Å². The van der Waals surface area contributed by atoms with Crippen LogP contribution < -0.4 is 5.73 Å². The molecule has 2 atom stereocenters. The molecule has 1 spiro atoms. The maximum atomic E-state index is 13.2. The van der Waals surface area contributed by atoms with Crippen LogP contribution in [0.4, 0.5) is 0 Å². The number of amides is 2. The van der Waals surface area contributed by atoms with E-state index in [1.807, 2.05) is 29.2 Å². The molecule has 2 N–H and O–H groups in total. The lowest BCUT2D eigenvalue weighted by molar-refractivity contribution is -0.117. The van der Waals surface area contributed by atoms with Gasteiger partial charge >= 0.3 is 0 Å². The Morgan fingerprint density at radius 3 is 2.76 bits per heavy atom. The molecule has 1 aromatic carbocycles. The van der Waals surface area contributed by atoms with E-state index in [4.69, 9.17) is 5.73 Å². The minimum absolute atomic E-state index is 0.0772. The van der Waals surface area contributed by atoms with Crippen LogP contribution in [-0.2, 0) is 4.79 Å². The standard InChI is InChI=1S/C20H26N2O2S/c1-15(18(21)23)25-17-9-4-3-8-16(17)19(24)22-13-7-12-20(14-22)10-5-2-6-11-20/h2-5,8-9,15H,6-7,10-14H2,1H3,(H2,21,23)/t15-,20-/m1/s1. The number of allylic oxidation sites excluding steroid dienone is 2. The van der Waals surface area contributed by atoms with Crippen molar-refractivity contribution in [2.24, 2.45) is 11.1 Å². The van der Waals surface area contributed by atoms with Crippen molar-refractivity contribution in [2.45, 2.75) is 49.2 Å². The van der Waals surface area contributed by atoms with Gasteiger partial charge in [0.05, 0.1) is 10.8 Å². The van der Waals surface area contributed by atoms with Crippen LogP contribution in [0.25, 0.3) is 0 Å². The Morgan fingerprint density at radius 1 is 1.24 bits per heavy atom. The van der Waals surface area contributed by atoms with E-state index in [9.17, 15) is 9.59 Å². The van der Waals surface area contributed by atoms with Crippen molar-refractivity contribution in [3.63, 3.8) is 0 Å². The molecule has 1 fully saturated rings. The first-order valence-corrected chi connectivity index (χ1v) is 9.88. The van der Waals surface area contributed by atoms with Gasteiger partial charge in [-0.25, -0.2) is 0 Å². The zero-order valence-corrected chi connectivity index (χ0v) is 15.6. The Labute approximate surface area is 153 Å². The molecular weight excluding hydrogens is 332 g/mol. The van der Waals surface area contributed by atoms with Crippen molar-refractivity contribution in [2.75, 3.05) is 13.1 Å². The van der Waals surface area contributed by atoms with Crippen LogP contribution in [0.5, 0.6) is 0 Å². The lowest BCUT2D eigenvalue weighted by atomic mass is 9.71. The number of hydrogen-bond donors (Lipinski definition) is 1. The van der Waals surface area contributed by atoms with Gasteiger partial charge in [-0.05, 0) is 56.6 Å². The number of nitrogens with zero attached hydrogens (tertiary/aromatic N) is 1. The number of piperidine rings is 1. The molecule has 1 heterocycles. The molecule has 2 aliphatic rings. The fourth-order valence-corrected chi connectivity index (χ4v) is 4.80. The Balaban J connectivity index is 1.78. The van der Waals surface area contributed by atoms with E-state index >= 15 is 0 Å². The fourth-order valence-electron chi connectivity index (χ4n) is 3.86. The molecule has 3 rings (SSSR count). The molecule has 0 bridgehead atoms. The number of rotatable bonds is 4. The molecule has 4 nitrogen and oxygen atoms in total.